The third-order valence-corrected chi connectivity index (χ3v) is 1.57. The number of ketones is 1. The Morgan fingerprint density at radius 2 is 2.15 bits per heavy atom. The highest BCUT2D eigenvalue weighted by molar-refractivity contribution is 6.54. The molecule has 0 bridgehead atoms. The molecule has 2 rings (SSSR count). The van der Waals surface area contributed by atoms with Crippen molar-refractivity contribution in [2.45, 2.75) is 0 Å². The Hall–Kier alpha value is -2.22. The zero-order valence-corrected chi connectivity index (χ0v) is 6.27. The lowest BCUT2D eigenvalue weighted by molar-refractivity contribution is 0.104. The summed E-state index contributed by atoms with van der Waals surface area (Å²) in [7, 11) is 0. The molecule has 0 saturated heterocycles. The molecule has 0 saturated carbocycles. The van der Waals surface area contributed by atoms with Gasteiger partial charge in [0.25, 0.3) is 5.78 Å². The Labute approximate surface area is 71.9 Å². The van der Waals surface area contributed by atoms with Crippen LogP contribution in [0, 0.1) is 11.3 Å². The molecule has 1 aromatic heterocycles. The van der Waals surface area contributed by atoms with Crippen molar-refractivity contribution in [2.24, 2.45) is 4.99 Å². The lowest BCUT2D eigenvalue weighted by Crippen LogP contribution is -2.08. The van der Waals surface area contributed by atoms with Crippen LogP contribution >= 0.6 is 0 Å². The maximum Gasteiger partial charge on any atom is 0.336 e. The van der Waals surface area contributed by atoms with Crippen LogP contribution < -0.4 is 5.63 Å². The molecule has 5 nitrogen and oxygen atoms in total. The molecule has 1 aliphatic heterocycles. The minimum atomic E-state index is -0.629. The fourth-order valence-corrected chi connectivity index (χ4v) is 1.01. The first-order valence-electron chi connectivity index (χ1n) is 3.40. The van der Waals surface area contributed by atoms with E-state index in [1.54, 1.807) is 6.07 Å². The minimum absolute atomic E-state index is 0.149. The molecule has 0 fully saturated rings. The average Bonchev–Trinajstić information content (AvgIpc) is 2.44. The van der Waals surface area contributed by atoms with Gasteiger partial charge in [-0.05, 0) is 6.07 Å². The van der Waals surface area contributed by atoms with E-state index in [1.165, 1.54) is 6.07 Å². The summed E-state index contributed by atoms with van der Waals surface area (Å²) in [4.78, 5) is 25.6. The van der Waals surface area contributed by atoms with Crippen LogP contribution in [-0.2, 0) is 0 Å². The monoisotopic (exact) mass is 174 g/mol. The molecule has 0 spiro atoms. The van der Waals surface area contributed by atoms with E-state index in [9.17, 15) is 9.59 Å². The SMILES string of the molecule is N#CC1=Nc2ccc(=O)oc2C1=O. The predicted molar refractivity (Wildman–Crippen MR) is 42.0 cm³/mol. The second-order valence-corrected chi connectivity index (χ2v) is 2.37. The van der Waals surface area contributed by atoms with Gasteiger partial charge >= 0.3 is 5.63 Å². The first kappa shape index (κ1) is 7.43. The Morgan fingerprint density at radius 1 is 1.38 bits per heavy atom. The number of rotatable bonds is 0. The second-order valence-electron chi connectivity index (χ2n) is 2.37. The fourth-order valence-electron chi connectivity index (χ4n) is 1.01. The summed E-state index contributed by atoms with van der Waals surface area (Å²) in [5.41, 5.74) is -0.632. The van der Waals surface area contributed by atoms with Crippen molar-refractivity contribution >= 4 is 17.2 Å². The van der Waals surface area contributed by atoms with Gasteiger partial charge in [-0.1, -0.05) is 0 Å². The second kappa shape index (κ2) is 2.38. The van der Waals surface area contributed by atoms with Crippen molar-refractivity contribution in [3.8, 4) is 6.07 Å². The zero-order valence-electron chi connectivity index (χ0n) is 6.27. The number of nitrogens with zero attached hydrogens (tertiary/aromatic N) is 2. The molecule has 0 atom stereocenters. The molecular weight excluding hydrogens is 172 g/mol. The number of nitriles is 1. The predicted octanol–water partition coefficient (Wildman–Crippen LogP) is 0.432. The summed E-state index contributed by atoms with van der Waals surface area (Å²) in [6.45, 7) is 0. The molecule has 1 aliphatic rings. The number of carbonyl (C=O) groups excluding carboxylic acids is 1. The van der Waals surface area contributed by atoms with Crippen molar-refractivity contribution < 1.29 is 9.21 Å². The van der Waals surface area contributed by atoms with Crippen LogP contribution in [0.3, 0.4) is 0 Å². The molecule has 0 aromatic carbocycles. The van der Waals surface area contributed by atoms with Gasteiger partial charge in [0.2, 0.25) is 5.76 Å². The van der Waals surface area contributed by atoms with Gasteiger partial charge in [0, 0.05) is 6.07 Å². The molecule has 2 heterocycles. The van der Waals surface area contributed by atoms with Gasteiger partial charge in [0.05, 0.1) is 0 Å². The normalized spacial score (nSPS) is 13.5. The van der Waals surface area contributed by atoms with Crippen LogP contribution in [-0.4, -0.2) is 11.5 Å². The first-order valence-corrected chi connectivity index (χ1v) is 3.40. The number of aliphatic imine (C=N–C) groups is 1. The minimum Gasteiger partial charge on any atom is -0.417 e. The average molecular weight is 174 g/mol. The van der Waals surface area contributed by atoms with Gasteiger partial charge < -0.3 is 4.42 Å². The van der Waals surface area contributed by atoms with Crippen LogP contribution in [0.15, 0.2) is 26.3 Å². The summed E-state index contributed by atoms with van der Waals surface area (Å²) in [6, 6.07) is 4.12. The third kappa shape index (κ3) is 0.964. The number of fused-ring (bicyclic) bond motifs is 1. The topological polar surface area (TPSA) is 83.4 Å². The van der Waals surface area contributed by atoms with Crippen molar-refractivity contribution in [3.05, 3.63) is 28.3 Å². The number of carbonyl (C=O) groups is 1. The fraction of sp³-hybridized carbons (Fsp3) is 0. The summed E-state index contributed by atoms with van der Waals surface area (Å²) in [5.74, 6) is -0.778. The summed E-state index contributed by atoms with van der Waals surface area (Å²) in [6.07, 6.45) is 0. The Balaban J connectivity index is 2.69. The summed E-state index contributed by atoms with van der Waals surface area (Å²) < 4.78 is 4.59. The molecule has 1 aromatic rings. The Morgan fingerprint density at radius 3 is 2.85 bits per heavy atom. The van der Waals surface area contributed by atoms with Crippen LogP contribution in [0.4, 0.5) is 5.69 Å². The Kier molecular flexibility index (Phi) is 1.36. The lowest BCUT2D eigenvalue weighted by Gasteiger charge is -1.89. The highest BCUT2D eigenvalue weighted by atomic mass is 16.4. The van der Waals surface area contributed by atoms with Gasteiger partial charge in [0.15, 0.2) is 5.71 Å². The van der Waals surface area contributed by atoms with Crippen LogP contribution in [0.1, 0.15) is 10.6 Å². The van der Waals surface area contributed by atoms with Gasteiger partial charge in [-0.25, -0.2) is 9.79 Å². The van der Waals surface area contributed by atoms with Gasteiger partial charge in [0.1, 0.15) is 11.8 Å². The number of hydrogen-bond donors (Lipinski definition) is 0. The van der Waals surface area contributed by atoms with E-state index < -0.39 is 11.4 Å². The van der Waals surface area contributed by atoms with Crippen LogP contribution in [0.5, 0.6) is 0 Å². The quantitative estimate of drug-likeness (QED) is 0.570. The Bertz CT molecular complexity index is 519. The summed E-state index contributed by atoms with van der Waals surface area (Å²) in [5, 5.41) is 8.46. The third-order valence-electron chi connectivity index (χ3n) is 1.57. The first-order chi connectivity index (χ1) is 6.22. The van der Waals surface area contributed by atoms with E-state index in [2.05, 4.69) is 9.41 Å². The van der Waals surface area contributed by atoms with Crippen molar-refractivity contribution in [1.82, 2.24) is 0 Å². The van der Waals surface area contributed by atoms with Gasteiger partial charge in [-0.15, -0.1) is 0 Å². The van der Waals surface area contributed by atoms with E-state index in [1.807, 2.05) is 0 Å². The van der Waals surface area contributed by atoms with Crippen molar-refractivity contribution in [2.75, 3.05) is 0 Å². The van der Waals surface area contributed by atoms with Crippen LogP contribution in [0.2, 0.25) is 0 Å². The van der Waals surface area contributed by atoms with Crippen molar-refractivity contribution in [3.63, 3.8) is 0 Å². The lowest BCUT2D eigenvalue weighted by atomic mass is 10.2. The van der Waals surface area contributed by atoms with E-state index in [-0.39, 0.29) is 17.2 Å². The maximum absolute atomic E-state index is 11.2. The van der Waals surface area contributed by atoms with Crippen LogP contribution in [0.25, 0.3) is 0 Å². The highest BCUT2D eigenvalue weighted by Gasteiger charge is 2.27. The standard InChI is InChI=1S/C8H2N2O3/c9-3-5-7(12)8-4(10-5)1-2-6(11)13-8/h1-2H. The molecule has 0 N–H and O–H groups in total. The molecule has 0 aliphatic carbocycles. The van der Waals surface area contributed by atoms with E-state index in [0.29, 0.717) is 0 Å². The molecular formula is C8H2N2O3. The number of hydrogen-bond acceptors (Lipinski definition) is 5. The smallest absolute Gasteiger partial charge is 0.336 e. The number of Topliss-reactive ketones (excluding diaryl/α,β-unsaturated/α-hetero) is 1. The zero-order chi connectivity index (χ0) is 9.42. The van der Waals surface area contributed by atoms with E-state index in [0.717, 1.165) is 6.07 Å². The molecule has 0 unspecified atom stereocenters. The van der Waals surface area contributed by atoms with Crippen molar-refractivity contribution in [1.29, 1.82) is 5.26 Å². The molecule has 0 radical (unpaired) electrons. The van der Waals surface area contributed by atoms with Gasteiger partial charge in [-0.3, -0.25) is 4.79 Å². The highest BCUT2D eigenvalue weighted by Crippen LogP contribution is 2.24. The summed E-state index contributed by atoms with van der Waals surface area (Å²) >= 11 is 0. The van der Waals surface area contributed by atoms with Gasteiger partial charge in [-0.2, -0.15) is 5.26 Å². The molecule has 62 valence electrons. The molecule has 13 heavy (non-hydrogen) atoms. The molecule has 5 heteroatoms. The molecule has 0 amide bonds. The van der Waals surface area contributed by atoms with E-state index >= 15 is 0 Å². The maximum atomic E-state index is 11.2. The largest absolute Gasteiger partial charge is 0.417 e. The van der Waals surface area contributed by atoms with E-state index in [4.69, 9.17) is 5.26 Å².